The Bertz CT molecular complexity index is 659. The van der Waals surface area contributed by atoms with Crippen LogP contribution in [0.4, 0.5) is 9.93 Å². The van der Waals surface area contributed by atoms with Crippen LogP contribution in [0.25, 0.3) is 0 Å². The quantitative estimate of drug-likeness (QED) is 0.905. The van der Waals surface area contributed by atoms with Crippen molar-refractivity contribution in [2.75, 3.05) is 18.5 Å². The summed E-state index contributed by atoms with van der Waals surface area (Å²) in [5.74, 6) is 1.44. The van der Waals surface area contributed by atoms with Gasteiger partial charge in [0.05, 0.1) is 0 Å². The molecule has 0 atom stereocenters. The van der Waals surface area contributed by atoms with Gasteiger partial charge in [-0.1, -0.05) is 17.4 Å². The van der Waals surface area contributed by atoms with Gasteiger partial charge in [-0.3, -0.25) is 5.32 Å². The Hall–Kier alpha value is -2.35. The maximum Gasteiger partial charge on any atom is 0.321 e. The third-order valence-electron chi connectivity index (χ3n) is 2.81. The van der Waals surface area contributed by atoms with E-state index >= 15 is 0 Å². The first-order chi connectivity index (χ1) is 10.2. The summed E-state index contributed by atoms with van der Waals surface area (Å²) in [4.78, 5) is 11.7. The number of carbonyl (C=O) groups is 1. The zero-order valence-electron chi connectivity index (χ0n) is 11.4. The molecular weight excluding hydrogens is 292 g/mol. The third kappa shape index (κ3) is 3.40. The van der Waals surface area contributed by atoms with Crippen molar-refractivity contribution in [3.63, 3.8) is 0 Å². The number of nitrogens with one attached hydrogen (secondary N) is 2. The number of amides is 2. The second-order valence-electron chi connectivity index (χ2n) is 4.41. The van der Waals surface area contributed by atoms with Gasteiger partial charge in [-0.2, -0.15) is 0 Å². The van der Waals surface area contributed by atoms with E-state index in [-0.39, 0.29) is 6.03 Å². The number of aryl methyl sites for hydroxylation is 1. The summed E-state index contributed by atoms with van der Waals surface area (Å²) in [7, 11) is 0. The highest BCUT2D eigenvalue weighted by molar-refractivity contribution is 7.15. The van der Waals surface area contributed by atoms with E-state index in [4.69, 9.17) is 9.47 Å². The van der Waals surface area contributed by atoms with E-state index in [2.05, 4.69) is 20.8 Å². The zero-order valence-corrected chi connectivity index (χ0v) is 12.2. The maximum absolute atomic E-state index is 11.7. The monoisotopic (exact) mass is 306 g/mol. The van der Waals surface area contributed by atoms with E-state index in [0.29, 0.717) is 30.6 Å². The van der Waals surface area contributed by atoms with Crippen molar-refractivity contribution in [1.29, 1.82) is 0 Å². The Morgan fingerprint density at radius 3 is 2.86 bits per heavy atom. The summed E-state index contributed by atoms with van der Waals surface area (Å²) >= 11 is 1.33. The molecule has 0 radical (unpaired) electrons. The normalized spacial score (nSPS) is 12.8. The third-order valence-corrected chi connectivity index (χ3v) is 3.56. The van der Waals surface area contributed by atoms with Crippen LogP contribution < -0.4 is 20.1 Å². The fourth-order valence-electron chi connectivity index (χ4n) is 1.87. The summed E-state index contributed by atoms with van der Waals surface area (Å²) in [5.41, 5.74) is 0.933. The average Bonchev–Trinajstić information content (AvgIpc) is 2.90. The first kappa shape index (κ1) is 13.6. The van der Waals surface area contributed by atoms with E-state index in [1.807, 2.05) is 25.1 Å². The molecule has 2 amide bonds. The van der Waals surface area contributed by atoms with Crippen molar-refractivity contribution in [3.05, 3.63) is 28.8 Å². The van der Waals surface area contributed by atoms with Gasteiger partial charge in [-0.05, 0) is 24.6 Å². The largest absolute Gasteiger partial charge is 0.486 e. The van der Waals surface area contributed by atoms with Crippen LogP contribution in [-0.4, -0.2) is 29.4 Å². The van der Waals surface area contributed by atoms with Crippen LogP contribution in [0.1, 0.15) is 10.6 Å². The van der Waals surface area contributed by atoms with Gasteiger partial charge in [0, 0.05) is 6.54 Å². The van der Waals surface area contributed by atoms with Crippen LogP contribution in [0.15, 0.2) is 18.2 Å². The molecule has 110 valence electrons. The molecule has 1 aromatic heterocycles. The van der Waals surface area contributed by atoms with Crippen LogP contribution >= 0.6 is 11.3 Å². The molecule has 0 saturated heterocycles. The van der Waals surface area contributed by atoms with Crippen LogP contribution in [0.5, 0.6) is 11.5 Å². The molecule has 1 aliphatic rings. The molecule has 2 N–H and O–H groups in total. The van der Waals surface area contributed by atoms with Gasteiger partial charge in [0.15, 0.2) is 11.5 Å². The van der Waals surface area contributed by atoms with Crippen molar-refractivity contribution in [2.24, 2.45) is 0 Å². The number of urea groups is 1. The van der Waals surface area contributed by atoms with Gasteiger partial charge >= 0.3 is 6.03 Å². The smallest absolute Gasteiger partial charge is 0.321 e. The van der Waals surface area contributed by atoms with Crippen LogP contribution in [0.3, 0.4) is 0 Å². The Morgan fingerprint density at radius 2 is 2.10 bits per heavy atom. The minimum atomic E-state index is -0.318. The molecule has 1 aromatic carbocycles. The lowest BCUT2D eigenvalue weighted by Gasteiger charge is -2.18. The van der Waals surface area contributed by atoms with E-state index < -0.39 is 0 Å². The molecule has 2 aromatic rings. The van der Waals surface area contributed by atoms with Gasteiger partial charge in [0.1, 0.15) is 18.2 Å². The summed E-state index contributed by atoms with van der Waals surface area (Å²) in [6.45, 7) is 3.32. The average molecular weight is 306 g/mol. The number of carbonyl (C=O) groups excluding carboxylic acids is 1. The highest BCUT2D eigenvalue weighted by atomic mass is 32.1. The number of hydrogen-bond acceptors (Lipinski definition) is 6. The number of benzene rings is 1. The standard InChI is InChI=1S/C13H14N4O3S/c1-8-16-17-13(21-8)15-12(18)14-7-9-2-3-10-11(6-9)20-5-4-19-10/h2-3,6H,4-5,7H2,1H3,(H2,14,15,17,18). The van der Waals surface area contributed by atoms with E-state index in [0.717, 1.165) is 16.3 Å². The minimum absolute atomic E-state index is 0.318. The predicted octanol–water partition coefficient (Wildman–Crippen LogP) is 1.94. The number of aromatic nitrogens is 2. The second kappa shape index (κ2) is 5.96. The second-order valence-corrected chi connectivity index (χ2v) is 5.59. The highest BCUT2D eigenvalue weighted by Gasteiger charge is 2.12. The fourth-order valence-corrected chi connectivity index (χ4v) is 2.46. The van der Waals surface area contributed by atoms with Gasteiger partial charge in [-0.25, -0.2) is 4.79 Å². The molecular formula is C13H14N4O3S. The molecule has 7 nitrogen and oxygen atoms in total. The Balaban J connectivity index is 1.56. The molecule has 3 rings (SSSR count). The van der Waals surface area contributed by atoms with Crippen LogP contribution in [0, 0.1) is 6.92 Å². The van der Waals surface area contributed by atoms with Gasteiger partial charge in [0.2, 0.25) is 5.13 Å². The fraction of sp³-hybridized carbons (Fsp3) is 0.308. The number of ether oxygens (including phenoxy) is 2. The van der Waals surface area contributed by atoms with Crippen LogP contribution in [0.2, 0.25) is 0 Å². The molecule has 8 heteroatoms. The number of fused-ring (bicyclic) bond motifs is 1. The predicted molar refractivity (Wildman–Crippen MR) is 77.9 cm³/mol. The molecule has 21 heavy (non-hydrogen) atoms. The number of hydrogen-bond donors (Lipinski definition) is 2. The summed E-state index contributed by atoms with van der Waals surface area (Å²) < 4.78 is 10.9. The van der Waals surface area contributed by atoms with E-state index in [1.165, 1.54) is 11.3 Å². The molecule has 0 bridgehead atoms. The first-order valence-electron chi connectivity index (χ1n) is 6.44. The zero-order chi connectivity index (χ0) is 14.7. The Morgan fingerprint density at radius 1 is 1.29 bits per heavy atom. The van der Waals surface area contributed by atoms with Crippen molar-refractivity contribution in [2.45, 2.75) is 13.5 Å². The van der Waals surface area contributed by atoms with Gasteiger partial charge < -0.3 is 14.8 Å². The molecule has 0 fully saturated rings. The number of anilines is 1. The summed E-state index contributed by atoms with van der Waals surface area (Å²) in [6.07, 6.45) is 0. The topological polar surface area (TPSA) is 85.4 Å². The molecule has 0 spiro atoms. The molecule has 2 heterocycles. The summed E-state index contributed by atoms with van der Waals surface area (Å²) in [5, 5.41) is 14.3. The molecule has 1 aliphatic heterocycles. The van der Waals surface area contributed by atoms with E-state index in [9.17, 15) is 4.79 Å². The van der Waals surface area contributed by atoms with Crippen LogP contribution in [-0.2, 0) is 6.54 Å². The lowest BCUT2D eigenvalue weighted by molar-refractivity contribution is 0.171. The Labute approximate surface area is 125 Å². The SMILES string of the molecule is Cc1nnc(NC(=O)NCc2ccc3c(c2)OCCO3)s1. The molecule has 0 saturated carbocycles. The molecule has 0 unspecified atom stereocenters. The van der Waals surface area contributed by atoms with Crippen molar-refractivity contribution in [3.8, 4) is 11.5 Å². The molecule has 0 aliphatic carbocycles. The lowest BCUT2D eigenvalue weighted by Crippen LogP contribution is -2.28. The van der Waals surface area contributed by atoms with Crippen molar-refractivity contribution >= 4 is 22.5 Å². The lowest BCUT2D eigenvalue weighted by atomic mass is 10.2. The van der Waals surface area contributed by atoms with E-state index in [1.54, 1.807) is 0 Å². The van der Waals surface area contributed by atoms with Crippen molar-refractivity contribution in [1.82, 2.24) is 15.5 Å². The Kier molecular flexibility index (Phi) is 3.87. The van der Waals surface area contributed by atoms with Gasteiger partial charge in [0.25, 0.3) is 0 Å². The van der Waals surface area contributed by atoms with Crippen molar-refractivity contribution < 1.29 is 14.3 Å². The van der Waals surface area contributed by atoms with Gasteiger partial charge in [-0.15, -0.1) is 10.2 Å². The number of nitrogens with zero attached hydrogens (tertiary/aromatic N) is 2. The maximum atomic E-state index is 11.7. The first-order valence-corrected chi connectivity index (χ1v) is 7.26. The highest BCUT2D eigenvalue weighted by Crippen LogP contribution is 2.30. The minimum Gasteiger partial charge on any atom is -0.486 e. The summed E-state index contributed by atoms with van der Waals surface area (Å²) in [6, 6.07) is 5.28. The number of rotatable bonds is 3.